The number of halogens is 4. The summed E-state index contributed by atoms with van der Waals surface area (Å²) in [5.41, 5.74) is -1.44. The molecule has 0 saturated heterocycles. The van der Waals surface area contributed by atoms with Gasteiger partial charge >= 0.3 is 5.97 Å². The minimum absolute atomic E-state index is 0.0673. The lowest BCUT2D eigenvalue weighted by atomic mass is 10.1. The molecule has 0 spiro atoms. The fourth-order valence-electron chi connectivity index (χ4n) is 1.97. The van der Waals surface area contributed by atoms with Crippen molar-refractivity contribution < 1.29 is 36.9 Å². The standard InChI is InChI=1S/C16H15F4NO4/c1-3-25-16(23)8(6-21-11-5-9(11)17)14(22)7-4-10(18)13(20)15(24-2)12(7)19/h4,6,9,11,22H,3,5H2,1-2H3/b14-8-,21-6?/t9-,11?/m1/s1. The lowest BCUT2D eigenvalue weighted by Crippen LogP contribution is -2.13. The Hall–Kier alpha value is -2.58. The van der Waals surface area contributed by atoms with E-state index in [1.54, 1.807) is 0 Å². The molecule has 0 bridgehead atoms. The molecule has 5 nitrogen and oxygen atoms in total. The van der Waals surface area contributed by atoms with Crippen LogP contribution in [0.1, 0.15) is 18.9 Å². The first kappa shape index (κ1) is 18.8. The summed E-state index contributed by atoms with van der Waals surface area (Å²) in [7, 11) is 0.910. The molecule has 9 heteroatoms. The Morgan fingerprint density at radius 3 is 2.56 bits per heavy atom. The zero-order valence-electron chi connectivity index (χ0n) is 13.4. The van der Waals surface area contributed by atoms with Gasteiger partial charge in [0.2, 0.25) is 5.82 Å². The molecule has 1 aromatic rings. The van der Waals surface area contributed by atoms with E-state index in [0.29, 0.717) is 6.07 Å². The number of carbonyl (C=O) groups is 1. The maximum Gasteiger partial charge on any atom is 0.343 e. The molecule has 1 N–H and O–H groups in total. The molecule has 1 aliphatic rings. The molecule has 0 heterocycles. The van der Waals surface area contributed by atoms with E-state index in [2.05, 4.69) is 9.73 Å². The predicted molar refractivity (Wildman–Crippen MR) is 80.8 cm³/mol. The van der Waals surface area contributed by atoms with Crippen molar-refractivity contribution in [2.75, 3.05) is 13.7 Å². The van der Waals surface area contributed by atoms with Crippen molar-refractivity contribution in [2.24, 2.45) is 4.99 Å². The van der Waals surface area contributed by atoms with Crippen molar-refractivity contribution in [3.05, 3.63) is 34.7 Å². The van der Waals surface area contributed by atoms with E-state index in [1.165, 1.54) is 6.92 Å². The number of aliphatic hydroxyl groups excluding tert-OH is 1. The molecule has 2 rings (SSSR count). The number of hydrogen-bond donors (Lipinski definition) is 1. The van der Waals surface area contributed by atoms with Crippen molar-refractivity contribution in [3.8, 4) is 5.75 Å². The fourth-order valence-corrected chi connectivity index (χ4v) is 1.97. The van der Waals surface area contributed by atoms with Crippen LogP contribution in [0.3, 0.4) is 0 Å². The van der Waals surface area contributed by atoms with Crippen LogP contribution in [-0.4, -0.2) is 43.2 Å². The normalized spacial score (nSPS) is 20.4. The first-order chi connectivity index (χ1) is 11.8. The quantitative estimate of drug-likeness (QED) is 0.211. The van der Waals surface area contributed by atoms with E-state index in [9.17, 15) is 27.5 Å². The van der Waals surface area contributed by atoms with Crippen LogP contribution in [0.4, 0.5) is 17.6 Å². The Balaban J connectivity index is 2.55. The zero-order valence-corrected chi connectivity index (χ0v) is 13.4. The monoisotopic (exact) mass is 361 g/mol. The molecule has 1 saturated carbocycles. The summed E-state index contributed by atoms with van der Waals surface area (Å²) in [6.07, 6.45) is -0.187. The van der Waals surface area contributed by atoms with Crippen molar-refractivity contribution >= 4 is 17.9 Å². The molecule has 1 fully saturated rings. The average molecular weight is 361 g/mol. The van der Waals surface area contributed by atoms with Crippen LogP contribution in [0.25, 0.3) is 5.76 Å². The van der Waals surface area contributed by atoms with Gasteiger partial charge in [0.15, 0.2) is 17.4 Å². The summed E-state index contributed by atoms with van der Waals surface area (Å²) in [6.45, 7) is 1.42. The molecule has 1 aromatic carbocycles. The smallest absolute Gasteiger partial charge is 0.343 e. The molecule has 0 aliphatic heterocycles. The summed E-state index contributed by atoms with van der Waals surface area (Å²) in [5, 5.41) is 10.2. The van der Waals surface area contributed by atoms with E-state index >= 15 is 0 Å². The van der Waals surface area contributed by atoms with Crippen LogP contribution in [0.5, 0.6) is 5.75 Å². The second-order valence-corrected chi connectivity index (χ2v) is 5.15. The van der Waals surface area contributed by atoms with Gasteiger partial charge in [0, 0.05) is 12.6 Å². The summed E-state index contributed by atoms with van der Waals surface area (Å²) < 4.78 is 63.4. The largest absolute Gasteiger partial charge is 0.506 e. The van der Waals surface area contributed by atoms with Gasteiger partial charge in [-0.25, -0.2) is 18.0 Å². The van der Waals surface area contributed by atoms with E-state index < -0.39 is 58.3 Å². The summed E-state index contributed by atoms with van der Waals surface area (Å²) in [5.74, 6) is -7.67. The van der Waals surface area contributed by atoms with Crippen molar-refractivity contribution in [1.82, 2.24) is 0 Å². The average Bonchev–Trinajstić information content (AvgIpc) is 3.27. The van der Waals surface area contributed by atoms with Crippen LogP contribution in [-0.2, 0) is 9.53 Å². The highest BCUT2D eigenvalue weighted by Gasteiger charge is 2.37. The number of methoxy groups -OCH3 is 1. The molecule has 0 aromatic heterocycles. The predicted octanol–water partition coefficient (Wildman–Crippen LogP) is 3.13. The van der Waals surface area contributed by atoms with Gasteiger partial charge in [0.25, 0.3) is 0 Å². The van der Waals surface area contributed by atoms with E-state index in [-0.39, 0.29) is 13.0 Å². The number of aliphatic imine (C=N–C) groups is 1. The summed E-state index contributed by atoms with van der Waals surface area (Å²) in [4.78, 5) is 15.7. The van der Waals surface area contributed by atoms with Crippen molar-refractivity contribution in [2.45, 2.75) is 25.6 Å². The van der Waals surface area contributed by atoms with Crippen molar-refractivity contribution in [1.29, 1.82) is 0 Å². The lowest BCUT2D eigenvalue weighted by molar-refractivity contribution is -0.137. The van der Waals surface area contributed by atoms with Crippen LogP contribution >= 0.6 is 0 Å². The second-order valence-electron chi connectivity index (χ2n) is 5.15. The molecule has 0 amide bonds. The van der Waals surface area contributed by atoms with E-state index in [4.69, 9.17) is 4.74 Å². The first-order valence-electron chi connectivity index (χ1n) is 7.31. The summed E-state index contributed by atoms with van der Waals surface area (Å²) >= 11 is 0. The Morgan fingerprint density at radius 2 is 2.04 bits per heavy atom. The van der Waals surface area contributed by atoms with E-state index in [1.807, 2.05) is 0 Å². The van der Waals surface area contributed by atoms with E-state index in [0.717, 1.165) is 13.3 Å². The second kappa shape index (κ2) is 7.54. The van der Waals surface area contributed by atoms with Crippen LogP contribution < -0.4 is 4.74 Å². The van der Waals surface area contributed by atoms with Crippen LogP contribution in [0, 0.1) is 17.5 Å². The Bertz CT molecular complexity index is 748. The van der Waals surface area contributed by atoms with Gasteiger partial charge in [-0.05, 0) is 13.0 Å². The molecule has 25 heavy (non-hydrogen) atoms. The van der Waals surface area contributed by atoms with Gasteiger partial charge in [-0.2, -0.15) is 4.39 Å². The third-order valence-electron chi connectivity index (χ3n) is 3.40. The number of alkyl halides is 1. The van der Waals surface area contributed by atoms with Crippen LogP contribution in [0.15, 0.2) is 16.6 Å². The number of ether oxygens (including phenoxy) is 2. The highest BCUT2D eigenvalue weighted by molar-refractivity contribution is 6.15. The molecule has 1 aliphatic carbocycles. The number of hydrogen-bond acceptors (Lipinski definition) is 5. The Labute approximate surface area is 140 Å². The number of rotatable bonds is 6. The summed E-state index contributed by atoms with van der Waals surface area (Å²) in [6, 6.07) is -0.313. The third kappa shape index (κ3) is 3.92. The Morgan fingerprint density at radius 1 is 1.40 bits per heavy atom. The minimum atomic E-state index is -1.58. The number of esters is 1. The van der Waals surface area contributed by atoms with Gasteiger partial charge in [0.1, 0.15) is 17.5 Å². The van der Waals surface area contributed by atoms with Crippen molar-refractivity contribution in [3.63, 3.8) is 0 Å². The zero-order chi connectivity index (χ0) is 18.7. The number of benzene rings is 1. The number of nitrogens with zero attached hydrogens (tertiary/aromatic N) is 1. The third-order valence-corrected chi connectivity index (χ3v) is 3.40. The molecular formula is C16H15F4NO4. The van der Waals surface area contributed by atoms with Gasteiger partial charge in [0.05, 0.1) is 25.3 Å². The van der Waals surface area contributed by atoms with Gasteiger partial charge in [-0.1, -0.05) is 0 Å². The first-order valence-corrected chi connectivity index (χ1v) is 7.31. The van der Waals surface area contributed by atoms with Gasteiger partial charge in [-0.3, -0.25) is 4.99 Å². The molecule has 136 valence electrons. The fraction of sp³-hybridized carbons (Fsp3) is 0.375. The highest BCUT2D eigenvalue weighted by atomic mass is 19.2. The molecule has 0 radical (unpaired) electrons. The van der Waals surface area contributed by atoms with Gasteiger partial charge < -0.3 is 14.6 Å². The number of aliphatic hydroxyl groups is 1. The Kier molecular flexibility index (Phi) is 5.66. The lowest BCUT2D eigenvalue weighted by Gasteiger charge is -2.11. The minimum Gasteiger partial charge on any atom is -0.506 e. The SMILES string of the molecule is CCOC(=O)/C(C=NC1C[C@H]1F)=C(\O)c1cc(F)c(F)c(OC)c1F. The maximum atomic E-state index is 14.3. The molecule has 1 unspecified atom stereocenters. The highest BCUT2D eigenvalue weighted by Crippen LogP contribution is 2.32. The molecular weight excluding hydrogens is 346 g/mol. The molecule has 2 atom stereocenters. The van der Waals surface area contributed by atoms with Crippen LogP contribution in [0.2, 0.25) is 0 Å². The van der Waals surface area contributed by atoms with Gasteiger partial charge in [-0.15, -0.1) is 0 Å². The topological polar surface area (TPSA) is 68.1 Å². The number of carbonyl (C=O) groups excluding carboxylic acids is 1. The maximum absolute atomic E-state index is 14.3.